The van der Waals surface area contributed by atoms with Crippen molar-refractivity contribution in [3.8, 4) is 0 Å². The Morgan fingerprint density at radius 1 is 1.00 bits per heavy atom. The highest BCUT2D eigenvalue weighted by atomic mass is 32.2. The van der Waals surface area contributed by atoms with E-state index in [1.807, 2.05) is 66.7 Å². The van der Waals surface area contributed by atoms with Crippen molar-refractivity contribution in [2.45, 2.75) is 16.6 Å². The van der Waals surface area contributed by atoms with Crippen molar-refractivity contribution in [2.24, 2.45) is 0 Å². The first-order chi connectivity index (χ1) is 12.2. The van der Waals surface area contributed by atoms with Crippen LogP contribution in [0.4, 0.5) is 11.4 Å². The van der Waals surface area contributed by atoms with E-state index in [-0.39, 0.29) is 18.2 Å². The van der Waals surface area contributed by atoms with Crippen molar-refractivity contribution >= 4 is 45.7 Å². The number of benzene rings is 3. The Kier molecular flexibility index (Phi) is 4.15. The zero-order valence-electron chi connectivity index (χ0n) is 13.4. The number of carbonyl (C=O) groups is 2. The average molecular weight is 348 g/mol. The molecule has 3 aromatic rings. The lowest BCUT2D eigenvalue weighted by atomic mass is 10.1. The number of carbonyl (C=O) groups excluding carboxylic acids is 2. The number of hydrogen-bond donors (Lipinski definition) is 2. The van der Waals surface area contributed by atoms with E-state index in [0.717, 1.165) is 27.0 Å². The van der Waals surface area contributed by atoms with E-state index in [4.69, 9.17) is 0 Å². The second kappa shape index (κ2) is 6.61. The zero-order valence-corrected chi connectivity index (χ0v) is 14.2. The number of nitrogens with one attached hydrogen (secondary N) is 2. The second-order valence-corrected chi connectivity index (χ2v) is 7.15. The predicted octanol–water partition coefficient (Wildman–Crippen LogP) is 4.28. The summed E-state index contributed by atoms with van der Waals surface area (Å²) in [7, 11) is 0. The van der Waals surface area contributed by atoms with E-state index in [0.29, 0.717) is 0 Å². The van der Waals surface area contributed by atoms with Gasteiger partial charge in [0.1, 0.15) is 0 Å². The molecule has 4 rings (SSSR count). The molecule has 2 amide bonds. The van der Waals surface area contributed by atoms with Gasteiger partial charge in [0.15, 0.2) is 0 Å². The Morgan fingerprint density at radius 3 is 2.64 bits per heavy atom. The fourth-order valence-electron chi connectivity index (χ4n) is 2.87. The van der Waals surface area contributed by atoms with E-state index >= 15 is 0 Å². The van der Waals surface area contributed by atoms with Crippen LogP contribution in [0, 0.1) is 0 Å². The molecular weight excluding hydrogens is 332 g/mol. The first-order valence-electron chi connectivity index (χ1n) is 8.04. The quantitative estimate of drug-likeness (QED) is 0.743. The second-order valence-electron chi connectivity index (χ2n) is 5.91. The molecule has 0 bridgehead atoms. The molecule has 1 heterocycles. The summed E-state index contributed by atoms with van der Waals surface area (Å²) in [4.78, 5) is 25.6. The first-order valence-corrected chi connectivity index (χ1v) is 8.92. The third-order valence-corrected chi connectivity index (χ3v) is 5.39. The van der Waals surface area contributed by atoms with Crippen LogP contribution in [-0.2, 0) is 9.59 Å². The van der Waals surface area contributed by atoms with E-state index in [9.17, 15) is 9.59 Å². The van der Waals surface area contributed by atoms with Crippen LogP contribution in [0.2, 0.25) is 0 Å². The minimum absolute atomic E-state index is 0.127. The SMILES string of the molecule is O=C(C[C@H]1Sc2ccccc2NC1=O)Nc1ccc2ccccc2c1. The van der Waals surface area contributed by atoms with Gasteiger partial charge in [-0.05, 0) is 35.0 Å². The fourth-order valence-corrected chi connectivity index (χ4v) is 3.98. The lowest BCUT2D eigenvalue weighted by Gasteiger charge is -2.23. The van der Waals surface area contributed by atoms with E-state index < -0.39 is 5.25 Å². The van der Waals surface area contributed by atoms with Crippen molar-refractivity contribution in [3.05, 3.63) is 66.7 Å². The summed E-state index contributed by atoms with van der Waals surface area (Å²) in [5.41, 5.74) is 1.55. The van der Waals surface area contributed by atoms with Gasteiger partial charge in [-0.3, -0.25) is 9.59 Å². The van der Waals surface area contributed by atoms with Gasteiger partial charge in [-0.1, -0.05) is 42.5 Å². The highest BCUT2D eigenvalue weighted by molar-refractivity contribution is 8.01. The molecule has 5 heteroatoms. The van der Waals surface area contributed by atoms with Crippen molar-refractivity contribution in [1.82, 2.24) is 0 Å². The van der Waals surface area contributed by atoms with Gasteiger partial charge in [-0.15, -0.1) is 11.8 Å². The van der Waals surface area contributed by atoms with Crippen LogP contribution >= 0.6 is 11.8 Å². The molecule has 1 aliphatic heterocycles. The molecule has 1 aliphatic rings. The molecule has 25 heavy (non-hydrogen) atoms. The summed E-state index contributed by atoms with van der Waals surface area (Å²) in [5.74, 6) is -0.292. The Labute approximate surface area is 149 Å². The first kappa shape index (κ1) is 15.7. The molecule has 0 radical (unpaired) electrons. The Bertz CT molecular complexity index is 971. The van der Waals surface area contributed by atoms with Gasteiger partial charge < -0.3 is 10.6 Å². The van der Waals surface area contributed by atoms with Crippen molar-refractivity contribution in [2.75, 3.05) is 10.6 Å². The van der Waals surface area contributed by atoms with Gasteiger partial charge in [0, 0.05) is 17.0 Å². The minimum atomic E-state index is -0.421. The van der Waals surface area contributed by atoms with Gasteiger partial charge in [-0.2, -0.15) is 0 Å². The van der Waals surface area contributed by atoms with E-state index in [2.05, 4.69) is 10.6 Å². The molecule has 3 aromatic carbocycles. The number of rotatable bonds is 3. The molecule has 0 saturated heterocycles. The maximum Gasteiger partial charge on any atom is 0.238 e. The Hall–Kier alpha value is -2.79. The maximum atomic E-state index is 12.4. The Balaban J connectivity index is 1.45. The molecule has 0 fully saturated rings. The van der Waals surface area contributed by atoms with Crippen LogP contribution in [0.1, 0.15) is 6.42 Å². The van der Waals surface area contributed by atoms with Crippen LogP contribution in [-0.4, -0.2) is 17.1 Å². The summed E-state index contributed by atoms with van der Waals surface area (Å²) in [6.07, 6.45) is 0.137. The third kappa shape index (κ3) is 3.37. The van der Waals surface area contributed by atoms with Crippen molar-refractivity contribution < 1.29 is 9.59 Å². The predicted molar refractivity (Wildman–Crippen MR) is 102 cm³/mol. The van der Waals surface area contributed by atoms with Gasteiger partial charge in [-0.25, -0.2) is 0 Å². The van der Waals surface area contributed by atoms with Crippen molar-refractivity contribution in [3.63, 3.8) is 0 Å². The number of thioether (sulfide) groups is 1. The molecular formula is C20H16N2O2S. The van der Waals surface area contributed by atoms with Crippen LogP contribution in [0.5, 0.6) is 0 Å². The molecule has 124 valence electrons. The van der Waals surface area contributed by atoms with E-state index in [1.54, 1.807) is 0 Å². The molecule has 0 unspecified atom stereocenters. The summed E-state index contributed by atoms with van der Waals surface area (Å²) >= 11 is 1.43. The third-order valence-electron chi connectivity index (χ3n) is 4.11. The van der Waals surface area contributed by atoms with Crippen LogP contribution in [0.15, 0.2) is 71.6 Å². The van der Waals surface area contributed by atoms with Gasteiger partial charge >= 0.3 is 0 Å². The molecule has 4 nitrogen and oxygen atoms in total. The normalized spacial score (nSPS) is 16.2. The molecule has 0 spiro atoms. The smallest absolute Gasteiger partial charge is 0.238 e. The fraction of sp³-hybridized carbons (Fsp3) is 0.100. The molecule has 0 saturated carbocycles. The van der Waals surface area contributed by atoms with Gasteiger partial charge in [0.25, 0.3) is 0 Å². The summed E-state index contributed by atoms with van der Waals surface area (Å²) in [5, 5.41) is 7.53. The van der Waals surface area contributed by atoms with E-state index in [1.165, 1.54) is 11.8 Å². The lowest BCUT2D eigenvalue weighted by Crippen LogP contribution is -2.32. The topological polar surface area (TPSA) is 58.2 Å². The van der Waals surface area contributed by atoms with Crippen LogP contribution in [0.25, 0.3) is 10.8 Å². The standard InChI is InChI=1S/C20H16N2O2S/c23-19(21-15-10-9-13-5-1-2-6-14(13)11-15)12-18-20(24)22-16-7-3-4-8-17(16)25-18/h1-11,18H,12H2,(H,21,23)(H,22,24)/t18-/m1/s1. The minimum Gasteiger partial charge on any atom is -0.326 e. The molecule has 2 N–H and O–H groups in total. The highest BCUT2D eigenvalue weighted by Gasteiger charge is 2.28. The van der Waals surface area contributed by atoms with Gasteiger partial charge in [0.2, 0.25) is 11.8 Å². The number of anilines is 2. The number of para-hydroxylation sites is 1. The largest absolute Gasteiger partial charge is 0.326 e. The molecule has 0 aromatic heterocycles. The lowest BCUT2D eigenvalue weighted by molar-refractivity contribution is -0.120. The van der Waals surface area contributed by atoms with Crippen LogP contribution < -0.4 is 10.6 Å². The monoisotopic (exact) mass is 348 g/mol. The average Bonchev–Trinajstić information content (AvgIpc) is 2.62. The molecule has 0 aliphatic carbocycles. The number of hydrogen-bond acceptors (Lipinski definition) is 3. The summed E-state index contributed by atoms with van der Waals surface area (Å²) in [6.45, 7) is 0. The van der Waals surface area contributed by atoms with Crippen LogP contribution in [0.3, 0.4) is 0 Å². The van der Waals surface area contributed by atoms with Gasteiger partial charge in [0.05, 0.1) is 10.9 Å². The molecule has 1 atom stereocenters. The number of amides is 2. The van der Waals surface area contributed by atoms with Crippen molar-refractivity contribution in [1.29, 1.82) is 0 Å². The number of fused-ring (bicyclic) bond motifs is 2. The summed E-state index contributed by atoms with van der Waals surface area (Å²) < 4.78 is 0. The maximum absolute atomic E-state index is 12.4. The summed E-state index contributed by atoms with van der Waals surface area (Å²) in [6, 6.07) is 21.4. The zero-order chi connectivity index (χ0) is 17.2. The highest BCUT2D eigenvalue weighted by Crippen LogP contribution is 2.36. The Morgan fingerprint density at radius 2 is 1.76 bits per heavy atom.